The van der Waals surface area contributed by atoms with Gasteiger partial charge in [-0.05, 0) is 38.3 Å². The summed E-state index contributed by atoms with van der Waals surface area (Å²) in [5.74, 6) is 0. The molecule has 0 N–H and O–H groups in total. The molecule has 0 saturated heterocycles. The molecule has 1 heterocycles. The predicted octanol–water partition coefficient (Wildman–Crippen LogP) is 3.47. The lowest BCUT2D eigenvalue weighted by Gasteiger charge is -2.17. The molecule has 0 saturated carbocycles. The molecule has 16 heavy (non-hydrogen) atoms. The zero-order valence-corrected chi connectivity index (χ0v) is 11.2. The Morgan fingerprint density at radius 3 is 2.31 bits per heavy atom. The van der Waals surface area contributed by atoms with Crippen molar-refractivity contribution < 1.29 is 8.42 Å². The molecule has 2 nitrogen and oxygen atoms in total. The molecule has 1 aromatic heterocycles. The molecular weight excluding hydrogens is 240 g/mol. The van der Waals surface area contributed by atoms with Crippen LogP contribution in [0, 0.1) is 0 Å². The van der Waals surface area contributed by atoms with Gasteiger partial charge in [-0.15, -0.1) is 11.3 Å². The summed E-state index contributed by atoms with van der Waals surface area (Å²) in [7, 11) is -3.22. The lowest BCUT2D eigenvalue weighted by Crippen LogP contribution is -2.27. The van der Waals surface area contributed by atoms with Crippen LogP contribution in [0.2, 0.25) is 0 Å². The van der Waals surface area contributed by atoms with Crippen LogP contribution in [0.4, 0.5) is 0 Å². The number of hydrogen-bond donors (Lipinski definition) is 0. The summed E-state index contributed by atoms with van der Waals surface area (Å²) < 4.78 is 25.2. The van der Waals surface area contributed by atoms with Crippen LogP contribution >= 0.6 is 11.3 Å². The van der Waals surface area contributed by atoms with Crippen LogP contribution in [0.1, 0.15) is 20.8 Å². The first-order valence-electron chi connectivity index (χ1n) is 5.05. The Bertz CT molecular complexity index is 583. The molecule has 0 spiro atoms. The van der Waals surface area contributed by atoms with Crippen molar-refractivity contribution >= 4 is 31.3 Å². The summed E-state index contributed by atoms with van der Waals surface area (Å²) >= 11 is 1.34. The van der Waals surface area contributed by atoms with Crippen molar-refractivity contribution in [2.24, 2.45) is 0 Å². The van der Waals surface area contributed by atoms with E-state index in [9.17, 15) is 8.42 Å². The molecule has 0 amide bonds. The van der Waals surface area contributed by atoms with E-state index in [-0.39, 0.29) is 0 Å². The normalized spacial score (nSPS) is 13.2. The summed E-state index contributed by atoms with van der Waals surface area (Å²) in [6, 6.07) is 9.49. The van der Waals surface area contributed by atoms with Gasteiger partial charge < -0.3 is 0 Å². The fraction of sp³-hybridized carbons (Fsp3) is 0.333. The Kier molecular flexibility index (Phi) is 2.59. The Morgan fingerprint density at radius 2 is 1.75 bits per heavy atom. The van der Waals surface area contributed by atoms with E-state index in [2.05, 4.69) is 0 Å². The van der Waals surface area contributed by atoms with Crippen molar-refractivity contribution in [1.82, 2.24) is 0 Å². The highest BCUT2D eigenvalue weighted by Crippen LogP contribution is 2.34. The largest absolute Gasteiger partial charge is 0.222 e. The summed E-state index contributed by atoms with van der Waals surface area (Å²) in [4.78, 5) is 0. The van der Waals surface area contributed by atoms with Crippen LogP contribution in [0.5, 0.6) is 0 Å². The molecule has 0 aliphatic rings. The van der Waals surface area contributed by atoms with Gasteiger partial charge in [-0.2, -0.15) is 0 Å². The van der Waals surface area contributed by atoms with Crippen molar-refractivity contribution in [1.29, 1.82) is 0 Å². The highest BCUT2D eigenvalue weighted by molar-refractivity contribution is 7.94. The van der Waals surface area contributed by atoms with Crippen LogP contribution in [0.3, 0.4) is 0 Å². The molecule has 0 unspecified atom stereocenters. The minimum atomic E-state index is -3.22. The highest BCUT2D eigenvalue weighted by atomic mass is 32.2. The van der Waals surface area contributed by atoms with Gasteiger partial charge in [0, 0.05) is 4.70 Å². The van der Waals surface area contributed by atoms with Gasteiger partial charge in [-0.3, -0.25) is 0 Å². The lowest BCUT2D eigenvalue weighted by molar-refractivity contribution is 0.562. The maximum atomic E-state index is 12.2. The van der Waals surface area contributed by atoms with E-state index in [4.69, 9.17) is 0 Å². The number of rotatable bonds is 1. The molecular formula is C12H14O2S2. The van der Waals surface area contributed by atoms with E-state index in [1.54, 1.807) is 26.8 Å². The number of sulfone groups is 1. The molecule has 0 aliphatic heterocycles. The van der Waals surface area contributed by atoms with Gasteiger partial charge in [0.15, 0.2) is 9.84 Å². The summed E-state index contributed by atoms with van der Waals surface area (Å²) in [6.45, 7) is 5.19. The number of thiophene rings is 1. The molecule has 86 valence electrons. The molecule has 0 bridgehead atoms. The van der Waals surface area contributed by atoms with Gasteiger partial charge in [0.1, 0.15) is 4.21 Å². The maximum Gasteiger partial charge on any atom is 0.192 e. The third kappa shape index (κ3) is 1.76. The van der Waals surface area contributed by atoms with Crippen LogP contribution in [-0.2, 0) is 9.84 Å². The van der Waals surface area contributed by atoms with E-state index in [0.29, 0.717) is 4.21 Å². The monoisotopic (exact) mass is 254 g/mol. The summed E-state index contributed by atoms with van der Waals surface area (Å²) in [5.41, 5.74) is 0. The second kappa shape index (κ2) is 3.57. The molecule has 1 aromatic carbocycles. The van der Waals surface area contributed by atoms with Gasteiger partial charge in [0.25, 0.3) is 0 Å². The summed E-state index contributed by atoms with van der Waals surface area (Å²) in [6.07, 6.45) is 0. The third-order valence-electron chi connectivity index (χ3n) is 2.47. The van der Waals surface area contributed by atoms with E-state index in [0.717, 1.165) is 10.1 Å². The quantitative estimate of drug-likeness (QED) is 0.781. The fourth-order valence-corrected chi connectivity index (χ4v) is 4.53. The maximum absolute atomic E-state index is 12.2. The molecule has 2 rings (SSSR count). The second-order valence-electron chi connectivity index (χ2n) is 4.72. The molecule has 2 aromatic rings. The van der Waals surface area contributed by atoms with Crippen molar-refractivity contribution in [2.45, 2.75) is 29.7 Å². The van der Waals surface area contributed by atoms with Gasteiger partial charge in [0.05, 0.1) is 4.75 Å². The lowest BCUT2D eigenvalue weighted by atomic mass is 10.3. The Balaban J connectivity index is 2.66. The van der Waals surface area contributed by atoms with E-state index >= 15 is 0 Å². The van der Waals surface area contributed by atoms with Gasteiger partial charge in [-0.1, -0.05) is 18.2 Å². The smallest absolute Gasteiger partial charge is 0.192 e. The average molecular weight is 254 g/mol. The predicted molar refractivity (Wildman–Crippen MR) is 68.8 cm³/mol. The van der Waals surface area contributed by atoms with E-state index in [1.807, 2.05) is 24.3 Å². The fourth-order valence-electron chi connectivity index (χ4n) is 1.39. The van der Waals surface area contributed by atoms with Crippen LogP contribution in [0.25, 0.3) is 10.1 Å². The zero-order valence-electron chi connectivity index (χ0n) is 9.52. The minimum Gasteiger partial charge on any atom is -0.222 e. The first kappa shape index (κ1) is 11.6. The Hall–Kier alpha value is -0.870. The number of hydrogen-bond acceptors (Lipinski definition) is 3. The molecule has 0 fully saturated rings. The van der Waals surface area contributed by atoms with Gasteiger partial charge >= 0.3 is 0 Å². The Labute approximate surface area is 99.8 Å². The van der Waals surface area contributed by atoms with Crippen LogP contribution < -0.4 is 0 Å². The summed E-state index contributed by atoms with van der Waals surface area (Å²) in [5, 5.41) is 0.996. The Morgan fingerprint density at radius 1 is 1.12 bits per heavy atom. The van der Waals surface area contributed by atoms with Crippen molar-refractivity contribution in [3.63, 3.8) is 0 Å². The standard InChI is InChI=1S/C12H14O2S2/c1-12(2,3)16(13,14)11-8-9-6-4-5-7-10(9)15-11/h4-8H,1-3H3. The minimum absolute atomic E-state index is 0.459. The third-order valence-corrected chi connectivity index (χ3v) is 6.55. The van der Waals surface area contributed by atoms with Crippen molar-refractivity contribution in [3.05, 3.63) is 30.3 Å². The SMILES string of the molecule is CC(C)(C)S(=O)(=O)c1cc2ccccc2s1. The zero-order chi connectivity index (χ0) is 12.0. The van der Waals surface area contributed by atoms with Gasteiger partial charge in [0.2, 0.25) is 0 Å². The van der Waals surface area contributed by atoms with Crippen molar-refractivity contribution in [3.8, 4) is 0 Å². The van der Waals surface area contributed by atoms with Crippen LogP contribution in [0.15, 0.2) is 34.5 Å². The molecule has 0 aliphatic carbocycles. The first-order chi connectivity index (χ1) is 7.32. The number of fused-ring (bicyclic) bond motifs is 1. The second-order valence-corrected chi connectivity index (χ2v) is 8.73. The molecule has 0 atom stereocenters. The van der Waals surface area contributed by atoms with Crippen LogP contribution in [-0.4, -0.2) is 13.2 Å². The molecule has 0 radical (unpaired) electrons. The number of benzene rings is 1. The topological polar surface area (TPSA) is 34.1 Å². The van der Waals surface area contributed by atoms with Gasteiger partial charge in [-0.25, -0.2) is 8.42 Å². The first-order valence-corrected chi connectivity index (χ1v) is 7.35. The highest BCUT2D eigenvalue weighted by Gasteiger charge is 2.32. The van der Waals surface area contributed by atoms with E-state index < -0.39 is 14.6 Å². The van der Waals surface area contributed by atoms with Crippen molar-refractivity contribution in [2.75, 3.05) is 0 Å². The average Bonchev–Trinajstić information content (AvgIpc) is 2.59. The molecule has 4 heteroatoms. The van der Waals surface area contributed by atoms with E-state index in [1.165, 1.54) is 11.3 Å².